The van der Waals surface area contributed by atoms with E-state index in [2.05, 4.69) is 0 Å². The van der Waals surface area contributed by atoms with Gasteiger partial charge in [0.15, 0.2) is 11.6 Å². The molecule has 0 N–H and O–H groups in total. The van der Waals surface area contributed by atoms with Crippen molar-refractivity contribution in [3.63, 3.8) is 0 Å². The summed E-state index contributed by atoms with van der Waals surface area (Å²) < 4.78 is 10.9. The van der Waals surface area contributed by atoms with E-state index in [0.717, 1.165) is 25.9 Å². The molecule has 0 bridgehead atoms. The summed E-state index contributed by atoms with van der Waals surface area (Å²) in [4.78, 5) is 10.8. The Balaban J connectivity index is 2.10. The molecule has 1 spiro atoms. The van der Waals surface area contributed by atoms with Gasteiger partial charge < -0.3 is 9.47 Å². The van der Waals surface area contributed by atoms with Gasteiger partial charge in [0.25, 0.3) is 0 Å². The maximum absolute atomic E-state index is 10.8. The standard InChI is InChI=1S/C9H12O3/c10-8-3-5-9(12-7-8)4-1-2-6-11-9/h3,5H,1-2,4,6-7H2. The van der Waals surface area contributed by atoms with Crippen LogP contribution in [0.25, 0.3) is 0 Å². The SMILES string of the molecule is O=C1C=CC2(CCCCO2)OC1. The first-order valence-corrected chi connectivity index (χ1v) is 4.31. The first kappa shape index (κ1) is 7.95. The number of hydrogen-bond donors (Lipinski definition) is 0. The number of ketones is 1. The van der Waals surface area contributed by atoms with Crippen molar-refractivity contribution in [2.24, 2.45) is 0 Å². The molecule has 0 aromatic carbocycles. The molecule has 66 valence electrons. The maximum Gasteiger partial charge on any atom is 0.188 e. The van der Waals surface area contributed by atoms with Gasteiger partial charge in [0.2, 0.25) is 0 Å². The summed E-state index contributed by atoms with van der Waals surface area (Å²) >= 11 is 0. The lowest BCUT2D eigenvalue weighted by molar-refractivity contribution is -0.224. The van der Waals surface area contributed by atoms with Crippen LogP contribution in [-0.2, 0) is 14.3 Å². The van der Waals surface area contributed by atoms with Crippen molar-refractivity contribution in [3.8, 4) is 0 Å². The summed E-state index contributed by atoms with van der Waals surface area (Å²) in [5.74, 6) is -0.540. The second kappa shape index (κ2) is 2.99. The van der Waals surface area contributed by atoms with Crippen LogP contribution in [0.4, 0.5) is 0 Å². The highest BCUT2D eigenvalue weighted by atomic mass is 16.7. The van der Waals surface area contributed by atoms with E-state index in [-0.39, 0.29) is 12.4 Å². The van der Waals surface area contributed by atoms with Crippen molar-refractivity contribution in [1.82, 2.24) is 0 Å². The smallest absolute Gasteiger partial charge is 0.188 e. The molecular weight excluding hydrogens is 156 g/mol. The third-order valence-electron chi connectivity index (χ3n) is 2.25. The van der Waals surface area contributed by atoms with Crippen LogP contribution in [0.5, 0.6) is 0 Å². The van der Waals surface area contributed by atoms with Gasteiger partial charge in [-0.2, -0.15) is 0 Å². The summed E-state index contributed by atoms with van der Waals surface area (Å²) in [5, 5.41) is 0. The molecule has 1 saturated heterocycles. The van der Waals surface area contributed by atoms with Crippen molar-refractivity contribution in [1.29, 1.82) is 0 Å². The Hall–Kier alpha value is -0.670. The molecule has 0 radical (unpaired) electrons. The number of hydrogen-bond acceptors (Lipinski definition) is 3. The lowest BCUT2D eigenvalue weighted by atomic mass is 10.0. The van der Waals surface area contributed by atoms with Crippen molar-refractivity contribution in [2.45, 2.75) is 25.0 Å². The predicted octanol–water partition coefficient (Wildman–Crippen LogP) is 1.04. The summed E-state index contributed by atoms with van der Waals surface area (Å²) in [7, 11) is 0. The minimum atomic E-state index is -0.563. The monoisotopic (exact) mass is 168 g/mol. The molecule has 1 atom stereocenters. The second-order valence-corrected chi connectivity index (χ2v) is 3.21. The zero-order chi connectivity index (χ0) is 8.44. The van der Waals surface area contributed by atoms with Gasteiger partial charge >= 0.3 is 0 Å². The average Bonchev–Trinajstić information content (AvgIpc) is 2.13. The average molecular weight is 168 g/mol. The van der Waals surface area contributed by atoms with Crippen molar-refractivity contribution >= 4 is 5.78 Å². The molecule has 0 aromatic heterocycles. The number of carbonyl (C=O) groups excluding carboxylic acids is 1. The van der Waals surface area contributed by atoms with Gasteiger partial charge in [-0.15, -0.1) is 0 Å². The highest BCUT2D eigenvalue weighted by Gasteiger charge is 2.34. The van der Waals surface area contributed by atoms with Gasteiger partial charge in [0, 0.05) is 6.42 Å². The molecule has 1 fully saturated rings. The molecule has 3 heteroatoms. The summed E-state index contributed by atoms with van der Waals surface area (Å²) in [6, 6.07) is 0. The van der Waals surface area contributed by atoms with Gasteiger partial charge in [-0.3, -0.25) is 4.79 Å². The molecule has 0 amide bonds. The Labute approximate surface area is 71.3 Å². The van der Waals surface area contributed by atoms with Gasteiger partial charge in [-0.1, -0.05) is 0 Å². The molecule has 2 rings (SSSR count). The van der Waals surface area contributed by atoms with Crippen LogP contribution in [0.2, 0.25) is 0 Å². The quantitative estimate of drug-likeness (QED) is 0.542. The first-order chi connectivity index (χ1) is 5.81. The highest BCUT2D eigenvalue weighted by molar-refractivity contribution is 5.91. The van der Waals surface area contributed by atoms with Crippen LogP contribution in [0.1, 0.15) is 19.3 Å². The van der Waals surface area contributed by atoms with Crippen LogP contribution >= 0.6 is 0 Å². The van der Waals surface area contributed by atoms with E-state index < -0.39 is 5.79 Å². The van der Waals surface area contributed by atoms with Crippen LogP contribution in [0.3, 0.4) is 0 Å². The maximum atomic E-state index is 10.8. The van der Waals surface area contributed by atoms with Gasteiger partial charge in [0.1, 0.15) is 6.61 Å². The fourth-order valence-corrected chi connectivity index (χ4v) is 1.55. The summed E-state index contributed by atoms with van der Waals surface area (Å²) in [6.45, 7) is 0.898. The van der Waals surface area contributed by atoms with Crippen LogP contribution in [0.15, 0.2) is 12.2 Å². The molecule has 0 aliphatic carbocycles. The molecule has 1 unspecified atom stereocenters. The van der Waals surface area contributed by atoms with E-state index in [1.807, 2.05) is 0 Å². The van der Waals surface area contributed by atoms with E-state index in [9.17, 15) is 4.79 Å². The van der Waals surface area contributed by atoms with Crippen LogP contribution < -0.4 is 0 Å². The number of ether oxygens (including phenoxy) is 2. The van der Waals surface area contributed by atoms with Crippen molar-refractivity contribution < 1.29 is 14.3 Å². The number of carbonyl (C=O) groups is 1. The fraction of sp³-hybridized carbons (Fsp3) is 0.667. The Morgan fingerprint density at radius 1 is 1.33 bits per heavy atom. The van der Waals surface area contributed by atoms with Crippen molar-refractivity contribution in [2.75, 3.05) is 13.2 Å². The van der Waals surface area contributed by atoms with Crippen molar-refractivity contribution in [3.05, 3.63) is 12.2 Å². The summed E-state index contributed by atoms with van der Waals surface area (Å²) in [6.07, 6.45) is 6.38. The van der Waals surface area contributed by atoms with Gasteiger partial charge in [-0.05, 0) is 25.0 Å². The lowest BCUT2D eigenvalue weighted by Crippen LogP contribution is -2.41. The molecule has 12 heavy (non-hydrogen) atoms. The van der Waals surface area contributed by atoms with Gasteiger partial charge in [-0.25, -0.2) is 0 Å². The molecule has 3 nitrogen and oxygen atoms in total. The zero-order valence-electron chi connectivity index (χ0n) is 6.91. The third kappa shape index (κ3) is 1.42. The molecule has 2 aliphatic heterocycles. The largest absolute Gasteiger partial charge is 0.346 e. The van der Waals surface area contributed by atoms with Crippen LogP contribution in [-0.4, -0.2) is 24.8 Å². The first-order valence-electron chi connectivity index (χ1n) is 4.31. The Bertz CT molecular complexity index is 214. The third-order valence-corrected chi connectivity index (χ3v) is 2.25. The zero-order valence-corrected chi connectivity index (χ0v) is 6.91. The molecule has 0 saturated carbocycles. The Kier molecular flexibility index (Phi) is 1.98. The minimum absolute atomic E-state index is 0.0230. The minimum Gasteiger partial charge on any atom is -0.346 e. The topological polar surface area (TPSA) is 35.5 Å². The lowest BCUT2D eigenvalue weighted by Gasteiger charge is -2.35. The van der Waals surface area contributed by atoms with E-state index in [4.69, 9.17) is 9.47 Å². The number of rotatable bonds is 0. The summed E-state index contributed by atoms with van der Waals surface area (Å²) in [5.41, 5.74) is 0. The molecule has 2 heterocycles. The molecule has 2 aliphatic rings. The van der Waals surface area contributed by atoms with Crippen LogP contribution in [0, 0.1) is 0 Å². The highest BCUT2D eigenvalue weighted by Crippen LogP contribution is 2.29. The second-order valence-electron chi connectivity index (χ2n) is 3.21. The molecule has 0 aromatic rings. The van der Waals surface area contributed by atoms with Gasteiger partial charge in [0.05, 0.1) is 6.61 Å². The molecular formula is C9H12O3. The Morgan fingerprint density at radius 3 is 2.83 bits per heavy atom. The van der Waals surface area contributed by atoms with E-state index in [0.29, 0.717) is 0 Å². The van der Waals surface area contributed by atoms with E-state index in [1.165, 1.54) is 0 Å². The van der Waals surface area contributed by atoms with E-state index >= 15 is 0 Å². The normalized spacial score (nSPS) is 35.8. The fourth-order valence-electron chi connectivity index (χ4n) is 1.55. The van der Waals surface area contributed by atoms with E-state index in [1.54, 1.807) is 12.2 Å². The predicted molar refractivity (Wildman–Crippen MR) is 42.6 cm³/mol. The Morgan fingerprint density at radius 2 is 2.25 bits per heavy atom.